The highest BCUT2D eigenvalue weighted by Crippen LogP contribution is 2.25. The van der Waals surface area contributed by atoms with E-state index in [4.69, 9.17) is 11.6 Å². The number of sulfonamides is 1. The highest BCUT2D eigenvalue weighted by atomic mass is 35.5. The molecule has 0 unspecified atom stereocenters. The van der Waals surface area contributed by atoms with Crippen LogP contribution in [-0.4, -0.2) is 26.0 Å². The van der Waals surface area contributed by atoms with Crippen LogP contribution in [0.2, 0.25) is 5.02 Å². The molecule has 0 aliphatic carbocycles. The van der Waals surface area contributed by atoms with Crippen molar-refractivity contribution in [2.24, 2.45) is 0 Å². The number of nitrogens with one attached hydrogen (secondary N) is 3. The van der Waals surface area contributed by atoms with Gasteiger partial charge in [-0.15, -0.1) is 11.3 Å². The predicted molar refractivity (Wildman–Crippen MR) is 126 cm³/mol. The molecule has 0 saturated carbocycles. The van der Waals surface area contributed by atoms with Crippen molar-refractivity contribution in [1.29, 1.82) is 0 Å². The lowest BCUT2D eigenvalue weighted by Crippen LogP contribution is -2.16. The third kappa shape index (κ3) is 6.30. The van der Waals surface area contributed by atoms with Crippen LogP contribution in [0.5, 0.6) is 0 Å². The monoisotopic (exact) mass is 477 g/mol. The lowest BCUT2D eigenvalue weighted by molar-refractivity contribution is 0.101. The zero-order valence-electron chi connectivity index (χ0n) is 16.5. The molecule has 1 heterocycles. The quantitative estimate of drug-likeness (QED) is 0.421. The van der Waals surface area contributed by atoms with Crippen LogP contribution in [0.4, 0.5) is 17.1 Å². The lowest BCUT2D eigenvalue weighted by atomic mass is 10.1. The molecule has 31 heavy (non-hydrogen) atoms. The molecule has 0 aliphatic rings. The molecule has 0 aliphatic heterocycles. The third-order valence-corrected chi connectivity index (χ3v) is 6.80. The Balaban J connectivity index is 1.68. The first kappa shape index (κ1) is 22.8. The van der Waals surface area contributed by atoms with E-state index >= 15 is 0 Å². The number of amides is 2. The lowest BCUT2D eigenvalue weighted by Gasteiger charge is -2.11. The van der Waals surface area contributed by atoms with Crippen molar-refractivity contribution in [3.8, 4) is 0 Å². The topological polar surface area (TPSA) is 104 Å². The Hall–Kier alpha value is -2.88. The maximum atomic E-state index is 12.6. The second-order valence-corrected chi connectivity index (χ2v) is 9.78. The van der Waals surface area contributed by atoms with Crippen molar-refractivity contribution in [2.75, 3.05) is 21.1 Å². The normalized spacial score (nSPS) is 11.0. The number of carbonyl (C=O) groups excluding carboxylic acids is 2. The fraction of sp³-hybridized carbons (Fsp3) is 0.143. The summed E-state index contributed by atoms with van der Waals surface area (Å²) in [6.45, 7) is 1.79. The van der Waals surface area contributed by atoms with Gasteiger partial charge in [0.25, 0.3) is 11.8 Å². The standard InChI is InChI=1S/C21H20ClN3O4S2/c1-2-12-31(28,29)25-16-8-6-15(7-9-16)23-20(26)14-5-10-17(22)18(13-14)24-21(27)19-4-3-11-30-19/h3-11,13,25H,2,12H2,1H3,(H,23,26)(H,24,27). The second-order valence-electron chi connectivity index (χ2n) is 6.58. The number of thiophene rings is 1. The van der Waals surface area contributed by atoms with Crippen molar-refractivity contribution < 1.29 is 18.0 Å². The molecule has 3 rings (SSSR count). The molecule has 0 spiro atoms. The van der Waals surface area contributed by atoms with E-state index in [9.17, 15) is 18.0 Å². The summed E-state index contributed by atoms with van der Waals surface area (Å²) < 4.78 is 26.2. The number of anilines is 3. The maximum absolute atomic E-state index is 12.6. The van der Waals surface area contributed by atoms with E-state index in [1.54, 1.807) is 54.8 Å². The molecule has 162 valence electrons. The highest BCUT2D eigenvalue weighted by Gasteiger charge is 2.14. The molecule has 0 fully saturated rings. The fourth-order valence-corrected chi connectivity index (χ4v) is 4.60. The summed E-state index contributed by atoms with van der Waals surface area (Å²) in [7, 11) is -3.38. The van der Waals surface area contributed by atoms with Gasteiger partial charge in [0, 0.05) is 16.9 Å². The molecule has 0 bridgehead atoms. The van der Waals surface area contributed by atoms with Crippen molar-refractivity contribution in [1.82, 2.24) is 0 Å². The first-order valence-electron chi connectivity index (χ1n) is 9.34. The summed E-state index contributed by atoms with van der Waals surface area (Å²) in [6.07, 6.45) is 0.514. The minimum absolute atomic E-state index is 0.0351. The van der Waals surface area contributed by atoms with E-state index in [-0.39, 0.29) is 11.7 Å². The predicted octanol–water partition coefficient (Wildman–Crippen LogP) is 5.06. The number of halogens is 1. The van der Waals surface area contributed by atoms with Gasteiger partial charge in [-0.1, -0.05) is 24.6 Å². The summed E-state index contributed by atoms with van der Waals surface area (Å²) >= 11 is 7.46. The number of benzene rings is 2. The summed E-state index contributed by atoms with van der Waals surface area (Å²) in [5, 5.41) is 7.54. The molecule has 0 saturated heterocycles. The Bertz CT molecular complexity index is 1180. The fourth-order valence-electron chi connectivity index (χ4n) is 2.68. The third-order valence-electron chi connectivity index (χ3n) is 4.11. The van der Waals surface area contributed by atoms with Gasteiger partial charge < -0.3 is 10.6 Å². The van der Waals surface area contributed by atoms with E-state index in [1.165, 1.54) is 23.5 Å². The maximum Gasteiger partial charge on any atom is 0.265 e. The molecule has 1 aromatic heterocycles. The summed E-state index contributed by atoms with van der Waals surface area (Å²) in [5.74, 6) is -0.675. The molecule has 0 radical (unpaired) electrons. The van der Waals surface area contributed by atoms with E-state index < -0.39 is 15.9 Å². The second kappa shape index (κ2) is 9.95. The zero-order valence-corrected chi connectivity index (χ0v) is 18.9. The number of hydrogen-bond acceptors (Lipinski definition) is 5. The van der Waals surface area contributed by atoms with Gasteiger partial charge in [-0.25, -0.2) is 8.42 Å². The van der Waals surface area contributed by atoms with Crippen LogP contribution < -0.4 is 15.4 Å². The van der Waals surface area contributed by atoms with Gasteiger partial charge in [0.1, 0.15) is 0 Å². The largest absolute Gasteiger partial charge is 0.322 e. The number of carbonyl (C=O) groups is 2. The van der Waals surface area contributed by atoms with Crippen LogP contribution in [0.3, 0.4) is 0 Å². The first-order valence-corrected chi connectivity index (χ1v) is 12.2. The van der Waals surface area contributed by atoms with Crippen molar-refractivity contribution >= 4 is 61.8 Å². The van der Waals surface area contributed by atoms with Crippen LogP contribution in [0.1, 0.15) is 33.4 Å². The molecule has 0 atom stereocenters. The van der Waals surface area contributed by atoms with Gasteiger partial charge in [-0.05, 0) is 60.3 Å². The minimum Gasteiger partial charge on any atom is -0.322 e. The minimum atomic E-state index is -3.38. The summed E-state index contributed by atoms with van der Waals surface area (Å²) in [6, 6.07) is 14.4. The van der Waals surface area contributed by atoms with Crippen molar-refractivity contribution in [3.63, 3.8) is 0 Å². The van der Waals surface area contributed by atoms with Gasteiger partial charge in [-0.3, -0.25) is 14.3 Å². The van der Waals surface area contributed by atoms with Crippen LogP contribution in [0, 0.1) is 0 Å². The molecule has 10 heteroatoms. The summed E-state index contributed by atoms with van der Waals surface area (Å²) in [4.78, 5) is 25.4. The van der Waals surface area contributed by atoms with E-state index in [0.29, 0.717) is 38.9 Å². The molecule has 2 amide bonds. The average molecular weight is 478 g/mol. The smallest absolute Gasteiger partial charge is 0.265 e. The van der Waals surface area contributed by atoms with Crippen LogP contribution in [-0.2, 0) is 10.0 Å². The van der Waals surface area contributed by atoms with Crippen molar-refractivity contribution in [3.05, 3.63) is 75.4 Å². The molecule has 3 aromatic rings. The van der Waals surface area contributed by atoms with Gasteiger partial charge in [0.2, 0.25) is 10.0 Å². The average Bonchev–Trinajstić information content (AvgIpc) is 3.26. The van der Waals surface area contributed by atoms with Gasteiger partial charge in [0.05, 0.1) is 21.3 Å². The van der Waals surface area contributed by atoms with E-state index in [1.807, 2.05) is 0 Å². The van der Waals surface area contributed by atoms with Crippen molar-refractivity contribution in [2.45, 2.75) is 13.3 Å². The molecule has 3 N–H and O–H groups in total. The Morgan fingerprint density at radius 2 is 1.68 bits per heavy atom. The molecule has 7 nitrogen and oxygen atoms in total. The first-order chi connectivity index (χ1) is 14.8. The van der Waals surface area contributed by atoms with Crippen LogP contribution in [0.25, 0.3) is 0 Å². The molecule has 2 aromatic carbocycles. The molecular formula is C21H20ClN3O4S2. The van der Waals surface area contributed by atoms with E-state index in [0.717, 1.165) is 0 Å². The number of hydrogen-bond donors (Lipinski definition) is 3. The highest BCUT2D eigenvalue weighted by molar-refractivity contribution is 7.92. The van der Waals surface area contributed by atoms with E-state index in [2.05, 4.69) is 15.4 Å². The molecular weight excluding hydrogens is 458 g/mol. The Kier molecular flexibility index (Phi) is 7.32. The van der Waals surface area contributed by atoms with Crippen LogP contribution >= 0.6 is 22.9 Å². The summed E-state index contributed by atoms with van der Waals surface area (Å²) in [5.41, 5.74) is 1.53. The van der Waals surface area contributed by atoms with Gasteiger partial charge >= 0.3 is 0 Å². The Morgan fingerprint density at radius 3 is 2.32 bits per heavy atom. The Labute approximate surface area is 189 Å². The number of rotatable bonds is 8. The zero-order chi connectivity index (χ0) is 22.4. The van der Waals surface area contributed by atoms with Gasteiger partial charge in [-0.2, -0.15) is 0 Å². The SMILES string of the molecule is CCCS(=O)(=O)Nc1ccc(NC(=O)c2ccc(Cl)c(NC(=O)c3cccs3)c2)cc1. The Morgan fingerprint density at radius 1 is 0.968 bits per heavy atom. The van der Waals surface area contributed by atoms with Crippen LogP contribution in [0.15, 0.2) is 60.0 Å². The van der Waals surface area contributed by atoms with Gasteiger partial charge in [0.15, 0.2) is 0 Å².